The highest BCUT2D eigenvalue weighted by Gasteiger charge is 2.32. The van der Waals surface area contributed by atoms with E-state index in [1.807, 2.05) is 37.8 Å². The fraction of sp³-hybridized carbons (Fsp3) is 0.350. The van der Waals surface area contributed by atoms with E-state index in [2.05, 4.69) is 9.97 Å². The van der Waals surface area contributed by atoms with Crippen molar-refractivity contribution < 1.29 is 10.2 Å². The van der Waals surface area contributed by atoms with Gasteiger partial charge in [0.05, 0.1) is 11.3 Å². The van der Waals surface area contributed by atoms with Gasteiger partial charge in [0.25, 0.3) is 0 Å². The van der Waals surface area contributed by atoms with Crippen LogP contribution in [0, 0.1) is 13.8 Å². The molecular weight excluding hydrogens is 342 g/mol. The van der Waals surface area contributed by atoms with Gasteiger partial charge < -0.3 is 20.8 Å². The van der Waals surface area contributed by atoms with Gasteiger partial charge in [-0.25, -0.2) is 15.0 Å². The lowest BCUT2D eigenvalue weighted by Gasteiger charge is -2.22. The Labute approximate surface area is 157 Å². The molecule has 4 rings (SSSR count). The highest BCUT2D eigenvalue weighted by Crippen LogP contribution is 2.38. The number of benzene rings is 1. The van der Waals surface area contributed by atoms with Crippen LogP contribution in [0.4, 0.5) is 11.6 Å². The van der Waals surface area contributed by atoms with Gasteiger partial charge in [0.1, 0.15) is 29.2 Å². The molecule has 0 spiro atoms. The summed E-state index contributed by atoms with van der Waals surface area (Å²) in [6.07, 6.45) is 2.10. The number of nitrogens with two attached hydrogens (primary N) is 1. The molecule has 1 atom stereocenters. The van der Waals surface area contributed by atoms with Crippen molar-refractivity contribution in [1.82, 2.24) is 15.0 Å². The maximum Gasteiger partial charge on any atom is 0.134 e. The highest BCUT2D eigenvalue weighted by molar-refractivity contribution is 5.99. The minimum Gasteiger partial charge on any atom is -0.508 e. The van der Waals surface area contributed by atoms with Crippen molar-refractivity contribution in [3.05, 3.63) is 35.7 Å². The number of aromatic nitrogens is 3. The van der Waals surface area contributed by atoms with Crippen LogP contribution in [0.15, 0.2) is 24.5 Å². The molecule has 27 heavy (non-hydrogen) atoms. The average Bonchev–Trinajstić information content (AvgIpc) is 2.99. The van der Waals surface area contributed by atoms with Crippen molar-refractivity contribution in [2.75, 3.05) is 23.7 Å². The first kappa shape index (κ1) is 17.5. The zero-order valence-corrected chi connectivity index (χ0v) is 15.7. The number of phenolic OH excluding ortho intramolecular Hbond substituents is 1. The van der Waals surface area contributed by atoms with Crippen LogP contribution in [0.5, 0.6) is 5.75 Å². The van der Waals surface area contributed by atoms with Gasteiger partial charge in [0.15, 0.2) is 0 Å². The molecule has 0 amide bonds. The molecule has 7 heteroatoms. The Hall–Kier alpha value is -2.93. The number of pyridine rings is 1. The van der Waals surface area contributed by atoms with Crippen molar-refractivity contribution in [2.24, 2.45) is 0 Å². The first-order chi connectivity index (χ1) is 12.8. The number of rotatable bonds is 2. The summed E-state index contributed by atoms with van der Waals surface area (Å²) in [5.41, 5.74) is 9.27. The maximum atomic E-state index is 10.4. The van der Waals surface area contributed by atoms with Crippen LogP contribution in [0.25, 0.3) is 22.2 Å². The second-order valence-electron chi connectivity index (χ2n) is 7.55. The van der Waals surface area contributed by atoms with Gasteiger partial charge in [-0.1, -0.05) is 6.07 Å². The molecule has 3 heterocycles. The van der Waals surface area contributed by atoms with Gasteiger partial charge in [-0.3, -0.25) is 0 Å². The summed E-state index contributed by atoms with van der Waals surface area (Å²) in [5, 5.41) is 21.3. The summed E-state index contributed by atoms with van der Waals surface area (Å²) in [6.45, 7) is 6.87. The SMILES string of the molecule is Cc1ccc(O)c(C)c1-c1nc(N2CCC(C)(O)C2)cc2c(N)ncnc12. The predicted molar refractivity (Wildman–Crippen MR) is 106 cm³/mol. The lowest BCUT2D eigenvalue weighted by atomic mass is 9.97. The van der Waals surface area contributed by atoms with Gasteiger partial charge in [-0.15, -0.1) is 0 Å². The number of anilines is 2. The van der Waals surface area contributed by atoms with Crippen molar-refractivity contribution in [1.29, 1.82) is 0 Å². The molecule has 1 aliphatic heterocycles. The molecule has 0 bridgehead atoms. The number of aromatic hydroxyl groups is 1. The van der Waals surface area contributed by atoms with E-state index in [1.165, 1.54) is 6.33 Å². The molecule has 7 nitrogen and oxygen atoms in total. The highest BCUT2D eigenvalue weighted by atomic mass is 16.3. The Balaban J connectivity index is 2.00. The molecule has 1 fully saturated rings. The Kier molecular flexibility index (Phi) is 3.92. The fourth-order valence-electron chi connectivity index (χ4n) is 3.75. The zero-order chi connectivity index (χ0) is 19.3. The van der Waals surface area contributed by atoms with Crippen LogP contribution >= 0.6 is 0 Å². The monoisotopic (exact) mass is 365 g/mol. The van der Waals surface area contributed by atoms with E-state index in [4.69, 9.17) is 10.7 Å². The first-order valence-electron chi connectivity index (χ1n) is 8.95. The topological polar surface area (TPSA) is 108 Å². The molecular formula is C20H23N5O2. The second kappa shape index (κ2) is 6.06. The van der Waals surface area contributed by atoms with E-state index >= 15 is 0 Å². The third-order valence-electron chi connectivity index (χ3n) is 5.30. The van der Waals surface area contributed by atoms with Gasteiger partial charge in [-0.05, 0) is 44.9 Å². The number of β-amino-alcohol motifs (C(OH)–C–C–N with tert-alkyl or cyclic N) is 1. The lowest BCUT2D eigenvalue weighted by Crippen LogP contribution is -2.30. The molecule has 0 saturated carbocycles. The second-order valence-corrected chi connectivity index (χ2v) is 7.55. The standard InChI is InChI=1S/C20H23N5O2/c1-11-4-5-14(26)12(2)16(11)18-17-13(19(21)23-10-22-17)8-15(24-18)25-7-6-20(3,27)9-25/h4-5,8,10,26-27H,6-7,9H2,1-3H3,(H2,21,22,23). The molecule has 140 valence electrons. The van der Waals surface area contributed by atoms with Gasteiger partial charge in [0, 0.05) is 29.6 Å². The van der Waals surface area contributed by atoms with Crippen LogP contribution in [-0.4, -0.2) is 43.9 Å². The lowest BCUT2D eigenvalue weighted by molar-refractivity contribution is 0.0839. The number of hydrogen-bond acceptors (Lipinski definition) is 7. The predicted octanol–water partition coefficient (Wildman–Crippen LogP) is 2.56. The summed E-state index contributed by atoms with van der Waals surface area (Å²) >= 11 is 0. The number of hydrogen-bond donors (Lipinski definition) is 3. The van der Waals surface area contributed by atoms with E-state index in [1.54, 1.807) is 6.07 Å². The quantitative estimate of drug-likeness (QED) is 0.640. The Morgan fingerprint density at radius 3 is 2.70 bits per heavy atom. The van der Waals surface area contributed by atoms with Crippen molar-refractivity contribution >= 4 is 22.5 Å². The molecule has 1 aliphatic rings. The Bertz CT molecular complexity index is 1050. The van der Waals surface area contributed by atoms with Gasteiger partial charge in [-0.2, -0.15) is 0 Å². The summed E-state index contributed by atoms with van der Waals surface area (Å²) in [6, 6.07) is 5.42. The molecule has 1 unspecified atom stereocenters. The van der Waals surface area contributed by atoms with Crippen LogP contribution in [0.3, 0.4) is 0 Å². The van der Waals surface area contributed by atoms with Crippen molar-refractivity contribution in [3.63, 3.8) is 0 Å². The van der Waals surface area contributed by atoms with Crippen LogP contribution < -0.4 is 10.6 Å². The van der Waals surface area contributed by atoms with Crippen LogP contribution in [0.2, 0.25) is 0 Å². The summed E-state index contributed by atoms with van der Waals surface area (Å²) < 4.78 is 0. The third-order valence-corrected chi connectivity index (χ3v) is 5.30. The normalized spacial score (nSPS) is 19.8. The first-order valence-corrected chi connectivity index (χ1v) is 8.95. The van der Waals surface area contributed by atoms with Crippen LogP contribution in [0.1, 0.15) is 24.5 Å². The zero-order valence-electron chi connectivity index (χ0n) is 15.7. The number of phenols is 1. The molecule has 3 aromatic rings. The molecule has 1 saturated heterocycles. The summed E-state index contributed by atoms with van der Waals surface area (Å²) in [7, 11) is 0. The fourth-order valence-corrected chi connectivity index (χ4v) is 3.75. The van der Waals surface area contributed by atoms with Crippen molar-refractivity contribution in [2.45, 2.75) is 32.8 Å². The summed E-state index contributed by atoms with van der Waals surface area (Å²) in [5.74, 6) is 1.31. The van der Waals surface area contributed by atoms with Crippen molar-refractivity contribution in [3.8, 4) is 17.0 Å². The van der Waals surface area contributed by atoms with E-state index < -0.39 is 5.60 Å². The molecule has 2 aromatic heterocycles. The van der Waals surface area contributed by atoms with Gasteiger partial charge >= 0.3 is 0 Å². The minimum absolute atomic E-state index is 0.210. The number of aryl methyl sites for hydroxylation is 1. The third kappa shape index (κ3) is 2.94. The van der Waals surface area contributed by atoms with E-state index in [0.717, 1.165) is 22.5 Å². The number of fused-ring (bicyclic) bond motifs is 1. The minimum atomic E-state index is -0.744. The Morgan fingerprint density at radius 1 is 1.22 bits per heavy atom. The van der Waals surface area contributed by atoms with E-state index in [-0.39, 0.29) is 5.75 Å². The van der Waals surface area contributed by atoms with Crippen LogP contribution in [-0.2, 0) is 0 Å². The van der Waals surface area contributed by atoms with E-state index in [9.17, 15) is 10.2 Å². The number of nitrogen functional groups attached to an aromatic ring is 1. The Morgan fingerprint density at radius 2 is 2.00 bits per heavy atom. The number of aliphatic hydroxyl groups is 1. The molecule has 0 aliphatic carbocycles. The largest absolute Gasteiger partial charge is 0.508 e. The smallest absolute Gasteiger partial charge is 0.134 e. The molecule has 0 radical (unpaired) electrons. The number of nitrogens with zero attached hydrogens (tertiary/aromatic N) is 4. The van der Waals surface area contributed by atoms with Gasteiger partial charge in [0.2, 0.25) is 0 Å². The molecule has 4 N–H and O–H groups in total. The molecule has 1 aromatic carbocycles. The average molecular weight is 365 g/mol. The van der Waals surface area contributed by atoms with E-state index in [0.29, 0.717) is 41.9 Å². The summed E-state index contributed by atoms with van der Waals surface area (Å²) in [4.78, 5) is 15.5. The maximum absolute atomic E-state index is 10.4.